The number of anilines is 1. The number of benzene rings is 1. The molecule has 0 spiro atoms. The van der Waals surface area contributed by atoms with E-state index >= 15 is 0 Å². The highest BCUT2D eigenvalue weighted by Gasteiger charge is 2.36. The quantitative estimate of drug-likeness (QED) is 0.350. The highest BCUT2D eigenvalue weighted by Crippen LogP contribution is 2.35. The number of amidine groups is 2. The second-order valence-corrected chi connectivity index (χ2v) is 10.7. The minimum absolute atomic E-state index is 0.0132. The number of aliphatic imine (C=N–C) groups is 2. The number of aromatic nitrogens is 1. The van der Waals surface area contributed by atoms with Crippen molar-refractivity contribution in [3.63, 3.8) is 0 Å². The highest BCUT2D eigenvalue weighted by molar-refractivity contribution is 8.14. The smallest absolute Gasteiger partial charge is 0.356 e. The van der Waals surface area contributed by atoms with Crippen LogP contribution >= 0.6 is 23.4 Å². The number of thioether (sulfide) groups is 1. The van der Waals surface area contributed by atoms with Crippen molar-refractivity contribution < 1.29 is 17.6 Å². The minimum atomic E-state index is -4.47. The Bertz CT molecular complexity index is 1440. The predicted octanol–water partition coefficient (Wildman–Crippen LogP) is 7.39. The van der Waals surface area contributed by atoms with Crippen LogP contribution in [0.3, 0.4) is 0 Å². The lowest BCUT2D eigenvalue weighted by Crippen LogP contribution is -2.49. The van der Waals surface area contributed by atoms with Gasteiger partial charge in [0.1, 0.15) is 17.5 Å². The van der Waals surface area contributed by atoms with Gasteiger partial charge in [-0.3, -0.25) is 0 Å². The van der Waals surface area contributed by atoms with E-state index in [1.165, 1.54) is 35.7 Å². The van der Waals surface area contributed by atoms with Crippen LogP contribution in [0.15, 0.2) is 88.5 Å². The van der Waals surface area contributed by atoms with Crippen LogP contribution in [0, 0.1) is 5.82 Å². The van der Waals surface area contributed by atoms with Crippen LogP contribution in [0.5, 0.6) is 0 Å². The molecule has 0 bridgehead atoms. The molecule has 2 aliphatic heterocycles. The van der Waals surface area contributed by atoms with Gasteiger partial charge in [-0.05, 0) is 36.8 Å². The van der Waals surface area contributed by atoms with Gasteiger partial charge in [-0.25, -0.2) is 19.4 Å². The van der Waals surface area contributed by atoms with E-state index in [0.717, 1.165) is 18.3 Å². The van der Waals surface area contributed by atoms with Crippen molar-refractivity contribution in [3.8, 4) is 0 Å². The third kappa shape index (κ3) is 6.85. The molecule has 0 atom stereocenters. The fourth-order valence-corrected chi connectivity index (χ4v) is 5.59. The van der Waals surface area contributed by atoms with E-state index in [-0.39, 0.29) is 10.8 Å². The van der Waals surface area contributed by atoms with Crippen molar-refractivity contribution in [1.82, 2.24) is 9.88 Å². The Balaban J connectivity index is 1.36. The highest BCUT2D eigenvalue weighted by atomic mass is 35.5. The van der Waals surface area contributed by atoms with Crippen molar-refractivity contribution in [2.24, 2.45) is 9.98 Å². The lowest BCUT2D eigenvalue weighted by Gasteiger charge is -2.37. The van der Waals surface area contributed by atoms with Crippen molar-refractivity contribution in [2.75, 3.05) is 36.8 Å². The fourth-order valence-electron chi connectivity index (χ4n) is 4.55. The van der Waals surface area contributed by atoms with Gasteiger partial charge in [0.2, 0.25) is 0 Å². The summed E-state index contributed by atoms with van der Waals surface area (Å²) in [4.78, 5) is 17.5. The van der Waals surface area contributed by atoms with Crippen LogP contribution in [-0.2, 0) is 6.18 Å². The number of rotatable bonds is 4. The van der Waals surface area contributed by atoms with Gasteiger partial charge in [0.15, 0.2) is 5.17 Å². The first kappa shape index (κ1) is 28.2. The maximum atomic E-state index is 13.8. The molecule has 3 aliphatic rings. The fraction of sp³-hybridized carbons (Fsp3) is 0.276. The Labute approximate surface area is 239 Å². The van der Waals surface area contributed by atoms with Crippen LogP contribution < -0.4 is 4.90 Å². The number of halogens is 5. The zero-order valence-electron chi connectivity index (χ0n) is 21.4. The van der Waals surface area contributed by atoms with E-state index in [0.29, 0.717) is 54.8 Å². The Hall–Kier alpha value is -3.37. The van der Waals surface area contributed by atoms with Crippen molar-refractivity contribution in [3.05, 3.63) is 101 Å². The van der Waals surface area contributed by atoms with Gasteiger partial charge in [0.05, 0.1) is 16.3 Å². The van der Waals surface area contributed by atoms with Gasteiger partial charge < -0.3 is 9.80 Å². The zero-order valence-corrected chi connectivity index (χ0v) is 23.0. The maximum absolute atomic E-state index is 13.8. The van der Waals surface area contributed by atoms with E-state index in [1.54, 1.807) is 17.0 Å². The normalized spacial score (nSPS) is 18.0. The molecule has 3 heterocycles. The van der Waals surface area contributed by atoms with Crippen molar-refractivity contribution in [2.45, 2.75) is 19.0 Å². The van der Waals surface area contributed by atoms with E-state index in [1.807, 2.05) is 24.3 Å². The number of piperazine rings is 1. The summed E-state index contributed by atoms with van der Waals surface area (Å²) >= 11 is 7.56. The summed E-state index contributed by atoms with van der Waals surface area (Å²) in [7, 11) is 0. The average Bonchev–Trinajstić information content (AvgIpc) is 3.34. The number of nitrogens with zero attached hydrogens (tertiary/aromatic N) is 5. The second kappa shape index (κ2) is 12.4. The molecule has 40 heavy (non-hydrogen) atoms. The van der Waals surface area contributed by atoms with Gasteiger partial charge >= 0.3 is 6.18 Å². The molecular weight excluding hydrogens is 562 g/mol. The number of hydrogen-bond donors (Lipinski definition) is 0. The summed E-state index contributed by atoms with van der Waals surface area (Å²) in [5.41, 5.74) is 1.81. The Kier molecular flexibility index (Phi) is 8.75. The lowest BCUT2D eigenvalue weighted by molar-refractivity contribution is -0.137. The van der Waals surface area contributed by atoms with Gasteiger partial charge in [0, 0.05) is 50.1 Å². The molecule has 5 nitrogen and oxygen atoms in total. The summed E-state index contributed by atoms with van der Waals surface area (Å²) in [6.45, 7) is 1.71. The van der Waals surface area contributed by atoms with Crippen LogP contribution in [0.2, 0.25) is 5.02 Å². The minimum Gasteiger partial charge on any atom is -0.356 e. The first-order chi connectivity index (χ1) is 19.3. The monoisotopic (exact) mass is 587 g/mol. The van der Waals surface area contributed by atoms with Gasteiger partial charge in [-0.2, -0.15) is 13.2 Å². The van der Waals surface area contributed by atoms with Crippen LogP contribution in [0.4, 0.5) is 23.4 Å². The molecule has 1 aromatic heterocycles. The summed E-state index contributed by atoms with van der Waals surface area (Å²) in [5, 5.41) is 0.572. The number of alkyl halides is 3. The first-order valence-electron chi connectivity index (χ1n) is 12.8. The summed E-state index contributed by atoms with van der Waals surface area (Å²) in [6.07, 6.45) is 10.3. The molecule has 1 saturated heterocycles. The number of allylic oxidation sites excluding steroid dienone is 5. The van der Waals surface area contributed by atoms with E-state index in [9.17, 15) is 17.6 Å². The SMILES string of the molecule is Fc1ccc(C2=CCC(N3CCN(c4ncccc4C(F)(F)F)CC3)=NC(SCC3=CC=CC=CC3)=N2)cc1Cl. The average molecular weight is 588 g/mol. The van der Waals surface area contributed by atoms with Crippen LogP contribution in [0.1, 0.15) is 24.0 Å². The first-order valence-corrected chi connectivity index (χ1v) is 14.1. The molecule has 1 fully saturated rings. The van der Waals surface area contributed by atoms with Crippen molar-refractivity contribution >= 4 is 45.9 Å². The number of hydrogen-bond acceptors (Lipinski definition) is 6. The molecule has 0 unspecified atom stereocenters. The predicted molar refractivity (Wildman–Crippen MR) is 155 cm³/mol. The molecule has 0 N–H and O–H groups in total. The molecule has 2 aromatic rings. The molecular formula is C29H26ClF4N5S. The molecule has 1 aliphatic carbocycles. The molecule has 0 amide bonds. The Morgan fingerprint density at radius 3 is 2.52 bits per heavy atom. The molecule has 0 radical (unpaired) electrons. The molecule has 11 heteroatoms. The molecule has 208 valence electrons. The van der Waals surface area contributed by atoms with E-state index in [4.69, 9.17) is 21.6 Å². The largest absolute Gasteiger partial charge is 0.419 e. The third-order valence-electron chi connectivity index (χ3n) is 6.63. The Morgan fingerprint density at radius 2 is 1.75 bits per heavy atom. The third-order valence-corrected chi connectivity index (χ3v) is 7.87. The number of pyridine rings is 1. The topological polar surface area (TPSA) is 44.1 Å². The van der Waals surface area contributed by atoms with Gasteiger partial charge in [-0.15, -0.1) is 0 Å². The standard InChI is InChI=1S/C29H26ClF4N5S/c30-23-18-21(9-10-24(23)31)25-11-12-26(37-28(36-25)40-19-20-6-3-1-2-4-7-20)38-14-16-39(17-15-38)27-22(29(32,33)34)8-5-13-35-27/h1-6,8-11,13,18H,7,12,14-17,19H2. The van der Waals surface area contributed by atoms with Crippen molar-refractivity contribution in [1.29, 1.82) is 0 Å². The second-order valence-electron chi connectivity index (χ2n) is 9.32. The van der Waals surface area contributed by atoms with Crippen LogP contribution in [-0.4, -0.2) is 52.8 Å². The summed E-state index contributed by atoms with van der Waals surface area (Å²) in [5.74, 6) is 0.914. The summed E-state index contributed by atoms with van der Waals surface area (Å²) < 4.78 is 54.5. The summed E-state index contributed by atoms with van der Waals surface area (Å²) in [6, 6.07) is 6.86. The zero-order chi connectivity index (χ0) is 28.1. The Morgan fingerprint density at radius 1 is 0.950 bits per heavy atom. The molecule has 0 saturated carbocycles. The molecule has 1 aromatic carbocycles. The van der Waals surface area contributed by atoms with Gasteiger partial charge in [-0.1, -0.05) is 65.4 Å². The molecule has 5 rings (SSSR count). The van der Waals surface area contributed by atoms with Crippen LogP contribution in [0.25, 0.3) is 5.70 Å². The lowest BCUT2D eigenvalue weighted by atomic mass is 10.1. The van der Waals surface area contributed by atoms with Gasteiger partial charge in [0.25, 0.3) is 0 Å². The maximum Gasteiger partial charge on any atom is 0.419 e. The van der Waals surface area contributed by atoms with E-state index in [2.05, 4.69) is 22.0 Å². The van der Waals surface area contributed by atoms with E-state index < -0.39 is 17.6 Å².